The van der Waals surface area contributed by atoms with Crippen molar-refractivity contribution in [2.45, 2.75) is 59.9 Å². The van der Waals surface area contributed by atoms with Crippen LogP contribution in [0.25, 0.3) is 0 Å². The molecule has 2 aromatic rings. The number of nitrogens with zero attached hydrogens (tertiary/aromatic N) is 1. The smallest absolute Gasteiger partial charge is 0.183 e. The summed E-state index contributed by atoms with van der Waals surface area (Å²) < 4.78 is 2.21. The van der Waals surface area contributed by atoms with Gasteiger partial charge in [0.1, 0.15) is 0 Å². The lowest BCUT2D eigenvalue weighted by atomic mass is 9.87. The summed E-state index contributed by atoms with van der Waals surface area (Å²) in [4.78, 5) is 12.6. The van der Waals surface area contributed by atoms with E-state index in [9.17, 15) is 4.79 Å². The van der Waals surface area contributed by atoms with Gasteiger partial charge in [-0.1, -0.05) is 32.9 Å². The minimum Gasteiger partial charge on any atom is -0.378 e. The second-order valence-electron chi connectivity index (χ2n) is 7.85. The van der Waals surface area contributed by atoms with Crippen molar-refractivity contribution in [2.75, 3.05) is 11.9 Å². The van der Waals surface area contributed by atoms with Gasteiger partial charge in [-0.25, -0.2) is 0 Å². The van der Waals surface area contributed by atoms with Gasteiger partial charge in [0.25, 0.3) is 0 Å². The second kappa shape index (κ2) is 6.84. The van der Waals surface area contributed by atoms with Gasteiger partial charge in [0.2, 0.25) is 0 Å². The first kappa shape index (κ1) is 18.3. The number of ketones is 1. The quantitative estimate of drug-likeness (QED) is 0.759. The number of Topliss-reactive ketones (excluding diaryl/α,β-unsaturated/α-hetero) is 1. The second-order valence-corrected chi connectivity index (χ2v) is 7.85. The molecule has 0 unspecified atom stereocenters. The van der Waals surface area contributed by atoms with Crippen LogP contribution < -0.4 is 5.32 Å². The SMILES string of the molecule is Cc1cc(C(=O)CNc2ccc(C(C)(C)C)cc2)c(C)n1C(C)C. The Kier molecular flexibility index (Phi) is 5.22. The lowest BCUT2D eigenvalue weighted by molar-refractivity contribution is 0.101. The Bertz CT molecular complexity index is 716. The molecule has 0 aliphatic rings. The highest BCUT2D eigenvalue weighted by molar-refractivity contribution is 6.00. The topological polar surface area (TPSA) is 34.0 Å². The van der Waals surface area contributed by atoms with E-state index in [1.54, 1.807) is 0 Å². The normalized spacial score (nSPS) is 11.8. The van der Waals surface area contributed by atoms with E-state index in [0.29, 0.717) is 12.6 Å². The molecule has 1 heterocycles. The summed E-state index contributed by atoms with van der Waals surface area (Å²) in [5, 5.41) is 3.25. The number of aryl methyl sites for hydroxylation is 1. The van der Waals surface area contributed by atoms with Crippen molar-refractivity contribution in [1.82, 2.24) is 4.57 Å². The first-order valence-corrected chi connectivity index (χ1v) is 8.67. The Morgan fingerprint density at radius 3 is 2.17 bits per heavy atom. The third-order valence-corrected chi connectivity index (χ3v) is 4.51. The molecular weight excluding hydrogens is 296 g/mol. The average molecular weight is 326 g/mol. The number of carbonyl (C=O) groups is 1. The number of hydrogen-bond acceptors (Lipinski definition) is 2. The minimum atomic E-state index is 0.134. The fourth-order valence-electron chi connectivity index (χ4n) is 3.22. The van der Waals surface area contributed by atoms with Crippen LogP contribution in [-0.4, -0.2) is 16.9 Å². The van der Waals surface area contributed by atoms with Gasteiger partial charge in [-0.15, -0.1) is 0 Å². The zero-order valence-electron chi connectivity index (χ0n) is 16.0. The molecule has 0 saturated carbocycles. The molecule has 0 amide bonds. The Hall–Kier alpha value is -2.03. The van der Waals surface area contributed by atoms with Crippen LogP contribution in [0.1, 0.15) is 68.0 Å². The predicted octanol–water partition coefficient (Wildman–Crippen LogP) is 5.28. The molecule has 1 aromatic heterocycles. The van der Waals surface area contributed by atoms with Crippen LogP contribution in [-0.2, 0) is 5.41 Å². The number of carbonyl (C=O) groups excluding carboxylic acids is 1. The van der Waals surface area contributed by atoms with E-state index in [1.165, 1.54) is 5.56 Å². The van der Waals surface area contributed by atoms with Gasteiger partial charge < -0.3 is 9.88 Å². The van der Waals surface area contributed by atoms with E-state index in [1.807, 2.05) is 25.1 Å². The van der Waals surface area contributed by atoms with E-state index in [2.05, 4.69) is 63.6 Å². The molecule has 0 aliphatic carbocycles. The number of anilines is 1. The zero-order chi connectivity index (χ0) is 18.1. The molecule has 1 aromatic carbocycles. The Morgan fingerprint density at radius 1 is 1.12 bits per heavy atom. The third kappa shape index (κ3) is 3.89. The molecule has 0 radical (unpaired) electrons. The molecule has 3 heteroatoms. The standard InChI is InChI=1S/C21H30N2O/c1-14(2)23-15(3)12-19(16(23)4)20(24)13-22-18-10-8-17(9-11-18)21(5,6)7/h8-12,14,22H,13H2,1-7H3. The molecule has 2 rings (SSSR count). The molecular formula is C21H30N2O. The van der Waals surface area contributed by atoms with Crippen LogP contribution in [0.5, 0.6) is 0 Å². The molecule has 3 nitrogen and oxygen atoms in total. The first-order chi connectivity index (χ1) is 11.1. The van der Waals surface area contributed by atoms with Gasteiger partial charge in [-0.3, -0.25) is 4.79 Å². The highest BCUT2D eigenvalue weighted by Crippen LogP contribution is 2.24. The summed E-state index contributed by atoms with van der Waals surface area (Å²) in [7, 11) is 0. The summed E-state index contributed by atoms with van der Waals surface area (Å²) in [5.41, 5.74) is 5.43. The summed E-state index contributed by atoms with van der Waals surface area (Å²) in [5.74, 6) is 0.134. The van der Waals surface area contributed by atoms with E-state index in [4.69, 9.17) is 0 Å². The number of aromatic nitrogens is 1. The third-order valence-electron chi connectivity index (χ3n) is 4.51. The van der Waals surface area contributed by atoms with Crippen molar-refractivity contribution in [1.29, 1.82) is 0 Å². The number of benzene rings is 1. The molecule has 0 bridgehead atoms. The first-order valence-electron chi connectivity index (χ1n) is 8.67. The van der Waals surface area contributed by atoms with Gasteiger partial charge in [-0.05, 0) is 56.9 Å². The van der Waals surface area contributed by atoms with Crippen LogP contribution in [0.2, 0.25) is 0 Å². The number of rotatable bonds is 5. The van der Waals surface area contributed by atoms with Crippen molar-refractivity contribution in [3.63, 3.8) is 0 Å². The molecule has 0 atom stereocenters. The van der Waals surface area contributed by atoms with E-state index in [-0.39, 0.29) is 11.2 Å². The van der Waals surface area contributed by atoms with Gasteiger partial charge in [-0.2, -0.15) is 0 Å². The predicted molar refractivity (Wildman–Crippen MR) is 102 cm³/mol. The monoisotopic (exact) mass is 326 g/mol. The molecule has 1 N–H and O–H groups in total. The van der Waals surface area contributed by atoms with Crippen molar-refractivity contribution >= 4 is 11.5 Å². The van der Waals surface area contributed by atoms with Gasteiger partial charge in [0.15, 0.2) is 5.78 Å². The van der Waals surface area contributed by atoms with E-state index < -0.39 is 0 Å². The largest absolute Gasteiger partial charge is 0.378 e. The summed E-state index contributed by atoms with van der Waals surface area (Å²) in [6.07, 6.45) is 0. The van der Waals surface area contributed by atoms with Crippen molar-refractivity contribution in [3.05, 3.63) is 52.8 Å². The van der Waals surface area contributed by atoms with Crippen LogP contribution in [0, 0.1) is 13.8 Å². The van der Waals surface area contributed by atoms with E-state index in [0.717, 1.165) is 22.6 Å². The molecule has 24 heavy (non-hydrogen) atoms. The lowest BCUT2D eigenvalue weighted by Gasteiger charge is -2.19. The highest BCUT2D eigenvalue weighted by atomic mass is 16.1. The maximum Gasteiger partial charge on any atom is 0.183 e. The molecule has 0 fully saturated rings. The van der Waals surface area contributed by atoms with E-state index >= 15 is 0 Å². The van der Waals surface area contributed by atoms with Gasteiger partial charge in [0.05, 0.1) is 6.54 Å². The Morgan fingerprint density at radius 2 is 1.71 bits per heavy atom. The van der Waals surface area contributed by atoms with Crippen molar-refractivity contribution in [2.24, 2.45) is 0 Å². The number of nitrogens with one attached hydrogen (secondary N) is 1. The maximum atomic E-state index is 12.6. The van der Waals surface area contributed by atoms with Gasteiger partial charge >= 0.3 is 0 Å². The summed E-state index contributed by atoms with van der Waals surface area (Å²) in [6.45, 7) is 15.3. The Labute approximate surface area is 146 Å². The molecule has 0 aliphatic heterocycles. The van der Waals surface area contributed by atoms with Crippen LogP contribution >= 0.6 is 0 Å². The highest BCUT2D eigenvalue weighted by Gasteiger charge is 2.17. The van der Waals surface area contributed by atoms with Crippen LogP contribution in [0.4, 0.5) is 5.69 Å². The molecule has 0 spiro atoms. The fourth-order valence-corrected chi connectivity index (χ4v) is 3.22. The maximum absolute atomic E-state index is 12.6. The van der Waals surface area contributed by atoms with Crippen molar-refractivity contribution in [3.8, 4) is 0 Å². The van der Waals surface area contributed by atoms with Crippen LogP contribution in [0.15, 0.2) is 30.3 Å². The Balaban J connectivity index is 2.07. The van der Waals surface area contributed by atoms with Gasteiger partial charge in [0, 0.05) is 28.7 Å². The average Bonchev–Trinajstić information content (AvgIpc) is 2.79. The zero-order valence-corrected chi connectivity index (χ0v) is 16.0. The molecule has 130 valence electrons. The minimum absolute atomic E-state index is 0.134. The van der Waals surface area contributed by atoms with Crippen LogP contribution in [0.3, 0.4) is 0 Å². The lowest BCUT2D eigenvalue weighted by Crippen LogP contribution is -2.16. The fraction of sp³-hybridized carbons (Fsp3) is 0.476. The number of hydrogen-bond donors (Lipinski definition) is 1. The summed E-state index contributed by atoms with van der Waals surface area (Å²) >= 11 is 0. The van der Waals surface area contributed by atoms with Crippen molar-refractivity contribution < 1.29 is 4.79 Å². The summed E-state index contributed by atoms with van der Waals surface area (Å²) in [6, 6.07) is 10.7. The molecule has 0 saturated heterocycles.